The lowest BCUT2D eigenvalue weighted by Gasteiger charge is -2.29. The molecule has 1 aromatic carbocycles. The molecule has 2 rings (SSSR count). The Kier molecular flexibility index (Phi) is 4.12. The highest BCUT2D eigenvalue weighted by Gasteiger charge is 2.40. The first kappa shape index (κ1) is 14.8. The van der Waals surface area contributed by atoms with E-state index in [1.807, 2.05) is 0 Å². The van der Waals surface area contributed by atoms with Crippen LogP contribution in [-0.2, 0) is 10.3 Å². The van der Waals surface area contributed by atoms with Crippen LogP contribution in [0.4, 0.5) is 0 Å². The van der Waals surface area contributed by atoms with Gasteiger partial charge in [0.1, 0.15) is 5.76 Å². The Morgan fingerprint density at radius 3 is 2.33 bits per heavy atom. The monoisotopic (exact) mass is 287 g/mol. The lowest BCUT2D eigenvalue weighted by Crippen LogP contribution is -2.51. The molecular weight excluding hydrogens is 270 g/mol. The third-order valence-corrected chi connectivity index (χ3v) is 3.45. The first-order valence-corrected chi connectivity index (χ1v) is 6.67. The molecule has 0 radical (unpaired) electrons. The third kappa shape index (κ3) is 2.81. The molecule has 5 heteroatoms. The van der Waals surface area contributed by atoms with Gasteiger partial charge in [0, 0.05) is 0 Å². The average Bonchev–Trinajstić information content (AvgIpc) is 2.92. The second-order valence-electron chi connectivity index (χ2n) is 4.79. The maximum atomic E-state index is 12.2. The summed E-state index contributed by atoms with van der Waals surface area (Å²) in [6.07, 6.45) is 0.220. The van der Waals surface area contributed by atoms with E-state index in [4.69, 9.17) is 4.42 Å². The number of aryl methyl sites for hydroxylation is 1. The van der Waals surface area contributed by atoms with Crippen molar-refractivity contribution in [3.05, 3.63) is 59.5 Å². The molecule has 21 heavy (non-hydrogen) atoms. The fraction of sp³-hybridized carbons (Fsp3) is 0.250. The number of benzene rings is 1. The number of rotatable bonds is 5. The Balaban J connectivity index is 2.38. The van der Waals surface area contributed by atoms with Crippen LogP contribution in [0.25, 0.3) is 0 Å². The number of carboxylic acids is 1. The van der Waals surface area contributed by atoms with E-state index >= 15 is 0 Å². The Morgan fingerprint density at radius 1 is 1.19 bits per heavy atom. The van der Waals surface area contributed by atoms with Gasteiger partial charge >= 0.3 is 5.97 Å². The van der Waals surface area contributed by atoms with Crippen molar-refractivity contribution in [2.24, 2.45) is 0 Å². The quantitative estimate of drug-likeness (QED) is 0.886. The van der Waals surface area contributed by atoms with Gasteiger partial charge in [0.25, 0.3) is 5.91 Å². The van der Waals surface area contributed by atoms with Crippen molar-refractivity contribution in [2.45, 2.75) is 25.8 Å². The first-order valence-electron chi connectivity index (χ1n) is 6.67. The molecular formula is C16H17NO4. The molecule has 2 aromatic rings. The average molecular weight is 287 g/mol. The number of aliphatic carboxylic acids is 1. The van der Waals surface area contributed by atoms with Gasteiger partial charge in [-0.3, -0.25) is 4.79 Å². The van der Waals surface area contributed by atoms with E-state index in [-0.39, 0.29) is 12.2 Å². The van der Waals surface area contributed by atoms with E-state index in [2.05, 4.69) is 5.32 Å². The van der Waals surface area contributed by atoms with Gasteiger partial charge in [0.15, 0.2) is 11.3 Å². The Bertz CT molecular complexity index is 647. The maximum Gasteiger partial charge on any atom is 0.334 e. The zero-order valence-corrected chi connectivity index (χ0v) is 11.9. The summed E-state index contributed by atoms with van der Waals surface area (Å²) >= 11 is 0. The van der Waals surface area contributed by atoms with E-state index in [1.54, 1.807) is 50.2 Å². The van der Waals surface area contributed by atoms with Gasteiger partial charge in [0.05, 0.1) is 0 Å². The third-order valence-electron chi connectivity index (χ3n) is 3.45. The van der Waals surface area contributed by atoms with Crippen LogP contribution in [0.3, 0.4) is 0 Å². The van der Waals surface area contributed by atoms with Crippen LogP contribution < -0.4 is 5.32 Å². The highest BCUT2D eigenvalue weighted by molar-refractivity contribution is 5.96. The molecule has 2 N–H and O–H groups in total. The summed E-state index contributed by atoms with van der Waals surface area (Å²) in [5.41, 5.74) is -0.949. The van der Waals surface area contributed by atoms with Gasteiger partial charge in [-0.25, -0.2) is 4.79 Å². The van der Waals surface area contributed by atoms with Gasteiger partial charge in [0.2, 0.25) is 0 Å². The van der Waals surface area contributed by atoms with Gasteiger partial charge in [-0.05, 0) is 31.0 Å². The van der Waals surface area contributed by atoms with Crippen molar-refractivity contribution in [3.63, 3.8) is 0 Å². The Morgan fingerprint density at radius 2 is 1.86 bits per heavy atom. The molecule has 1 unspecified atom stereocenters. The molecule has 1 amide bonds. The SMILES string of the molecule is CCC(NC(=O)c1ccc(C)o1)(C(=O)O)c1ccccc1. The first-order chi connectivity index (χ1) is 9.99. The molecule has 1 aromatic heterocycles. The van der Waals surface area contributed by atoms with Crippen molar-refractivity contribution in [1.82, 2.24) is 5.32 Å². The standard InChI is InChI=1S/C16H17NO4/c1-3-16(15(19)20,12-7-5-4-6-8-12)17-14(18)13-10-9-11(2)21-13/h4-10H,3H2,1-2H3,(H,17,18)(H,19,20). The zero-order chi connectivity index (χ0) is 15.5. The number of carbonyl (C=O) groups excluding carboxylic acids is 1. The molecule has 0 bridgehead atoms. The minimum absolute atomic E-state index is 0.0995. The largest absolute Gasteiger partial charge is 0.479 e. The number of amides is 1. The topological polar surface area (TPSA) is 79.5 Å². The van der Waals surface area contributed by atoms with Crippen LogP contribution in [-0.4, -0.2) is 17.0 Å². The molecule has 0 aliphatic carbocycles. The van der Waals surface area contributed by atoms with Crippen molar-refractivity contribution < 1.29 is 19.1 Å². The van der Waals surface area contributed by atoms with Crippen molar-refractivity contribution in [1.29, 1.82) is 0 Å². The lowest BCUT2D eigenvalue weighted by atomic mass is 9.87. The summed E-state index contributed by atoms with van der Waals surface area (Å²) < 4.78 is 5.25. The van der Waals surface area contributed by atoms with E-state index in [9.17, 15) is 14.7 Å². The summed E-state index contributed by atoms with van der Waals surface area (Å²) in [6, 6.07) is 11.8. The van der Waals surface area contributed by atoms with Crippen LogP contribution in [0, 0.1) is 6.92 Å². The summed E-state index contributed by atoms with van der Waals surface area (Å²) in [5.74, 6) is -0.955. The summed E-state index contributed by atoms with van der Waals surface area (Å²) in [5, 5.41) is 12.2. The van der Waals surface area contributed by atoms with Gasteiger partial charge in [-0.1, -0.05) is 37.3 Å². The highest BCUT2D eigenvalue weighted by Crippen LogP contribution is 2.26. The van der Waals surface area contributed by atoms with Crippen LogP contribution in [0.2, 0.25) is 0 Å². The van der Waals surface area contributed by atoms with Crippen LogP contribution in [0.1, 0.15) is 35.2 Å². The molecule has 0 saturated carbocycles. The van der Waals surface area contributed by atoms with Crippen molar-refractivity contribution >= 4 is 11.9 Å². The van der Waals surface area contributed by atoms with Gasteiger partial charge < -0.3 is 14.8 Å². The summed E-state index contributed by atoms with van der Waals surface area (Å²) in [4.78, 5) is 24.0. The maximum absolute atomic E-state index is 12.2. The zero-order valence-electron chi connectivity index (χ0n) is 11.9. The molecule has 0 spiro atoms. The molecule has 0 saturated heterocycles. The van der Waals surface area contributed by atoms with Gasteiger partial charge in [-0.2, -0.15) is 0 Å². The smallest absolute Gasteiger partial charge is 0.334 e. The number of carbonyl (C=O) groups is 2. The van der Waals surface area contributed by atoms with Crippen molar-refractivity contribution in [3.8, 4) is 0 Å². The highest BCUT2D eigenvalue weighted by atomic mass is 16.4. The van der Waals surface area contributed by atoms with E-state index < -0.39 is 17.4 Å². The summed E-state index contributed by atoms with van der Waals surface area (Å²) in [6.45, 7) is 3.44. The van der Waals surface area contributed by atoms with Crippen molar-refractivity contribution in [2.75, 3.05) is 0 Å². The molecule has 0 fully saturated rings. The van der Waals surface area contributed by atoms with E-state index in [0.717, 1.165) is 0 Å². The molecule has 1 atom stereocenters. The number of nitrogens with one attached hydrogen (secondary N) is 1. The second-order valence-corrected chi connectivity index (χ2v) is 4.79. The number of hydrogen-bond acceptors (Lipinski definition) is 3. The lowest BCUT2D eigenvalue weighted by molar-refractivity contribution is -0.145. The number of carboxylic acid groups (broad SMARTS) is 1. The van der Waals surface area contributed by atoms with Crippen LogP contribution in [0.5, 0.6) is 0 Å². The van der Waals surface area contributed by atoms with Gasteiger partial charge in [-0.15, -0.1) is 0 Å². The predicted molar refractivity (Wildman–Crippen MR) is 77.0 cm³/mol. The summed E-state index contributed by atoms with van der Waals surface area (Å²) in [7, 11) is 0. The molecule has 0 aliphatic heterocycles. The molecule has 1 heterocycles. The number of hydrogen-bond donors (Lipinski definition) is 2. The molecule has 110 valence electrons. The van der Waals surface area contributed by atoms with E-state index in [1.165, 1.54) is 6.07 Å². The fourth-order valence-electron chi connectivity index (χ4n) is 2.23. The number of furan rings is 1. The predicted octanol–water partition coefficient (Wildman–Crippen LogP) is 2.71. The fourth-order valence-corrected chi connectivity index (χ4v) is 2.23. The van der Waals surface area contributed by atoms with Crippen LogP contribution in [0.15, 0.2) is 46.9 Å². The molecule has 5 nitrogen and oxygen atoms in total. The second kappa shape index (κ2) is 5.83. The van der Waals surface area contributed by atoms with Crippen LogP contribution >= 0.6 is 0 Å². The Hall–Kier alpha value is -2.56. The normalized spacial score (nSPS) is 13.4. The Labute approximate surface area is 122 Å². The molecule has 0 aliphatic rings. The minimum atomic E-state index is -1.47. The minimum Gasteiger partial charge on any atom is -0.479 e. The van der Waals surface area contributed by atoms with E-state index in [0.29, 0.717) is 11.3 Å².